The van der Waals surface area contributed by atoms with Crippen molar-refractivity contribution in [2.75, 3.05) is 13.6 Å². The number of hydrogen-bond acceptors (Lipinski definition) is 4. The average Bonchev–Trinajstić information content (AvgIpc) is 2.49. The lowest BCUT2D eigenvalue weighted by Crippen LogP contribution is -2.45. The molecule has 0 aromatic carbocycles. The van der Waals surface area contributed by atoms with Crippen molar-refractivity contribution in [1.82, 2.24) is 4.90 Å². The Labute approximate surface area is 107 Å². The topological polar surface area (TPSA) is 60.8 Å². The van der Waals surface area contributed by atoms with E-state index in [-0.39, 0.29) is 6.54 Å². The second-order valence-corrected chi connectivity index (χ2v) is 6.50. The van der Waals surface area contributed by atoms with Crippen molar-refractivity contribution in [3.8, 4) is 0 Å². The van der Waals surface area contributed by atoms with E-state index in [1.165, 1.54) is 6.92 Å². The second-order valence-electron chi connectivity index (χ2n) is 3.96. The minimum absolute atomic E-state index is 0.0951. The number of thiophene rings is 1. The van der Waals surface area contributed by atoms with E-state index in [1.54, 1.807) is 23.3 Å². The van der Waals surface area contributed by atoms with Crippen LogP contribution in [0.1, 0.15) is 11.8 Å². The number of rotatable bonds is 5. The van der Waals surface area contributed by atoms with E-state index in [0.717, 1.165) is 8.66 Å². The number of carboxylic acid groups (broad SMARTS) is 1. The minimum Gasteiger partial charge on any atom is -0.479 e. The Hall–Kier alpha value is -0.430. The third kappa shape index (κ3) is 3.86. The van der Waals surface area contributed by atoms with Gasteiger partial charge < -0.3 is 10.2 Å². The van der Waals surface area contributed by atoms with E-state index in [2.05, 4.69) is 15.9 Å². The highest BCUT2D eigenvalue weighted by Crippen LogP contribution is 2.23. The van der Waals surface area contributed by atoms with E-state index in [0.29, 0.717) is 6.54 Å². The van der Waals surface area contributed by atoms with Gasteiger partial charge in [-0.2, -0.15) is 0 Å². The molecule has 4 nitrogen and oxygen atoms in total. The number of likely N-dealkylation sites (N-methyl/N-ethyl adjacent to an activating group) is 1. The number of nitrogens with zero attached hydrogens (tertiary/aromatic N) is 1. The molecule has 16 heavy (non-hydrogen) atoms. The van der Waals surface area contributed by atoms with Gasteiger partial charge in [-0.15, -0.1) is 11.3 Å². The molecule has 1 unspecified atom stereocenters. The highest BCUT2D eigenvalue weighted by atomic mass is 79.9. The molecule has 0 aliphatic heterocycles. The van der Waals surface area contributed by atoms with Crippen LogP contribution < -0.4 is 0 Å². The lowest BCUT2D eigenvalue weighted by molar-refractivity contribution is -0.158. The van der Waals surface area contributed by atoms with Gasteiger partial charge >= 0.3 is 5.97 Å². The number of aliphatic hydroxyl groups is 1. The number of carboxylic acids is 1. The molecule has 2 N–H and O–H groups in total. The van der Waals surface area contributed by atoms with E-state index in [4.69, 9.17) is 5.11 Å². The van der Waals surface area contributed by atoms with Gasteiger partial charge in [0.05, 0.1) is 3.79 Å². The highest BCUT2D eigenvalue weighted by Gasteiger charge is 2.31. The Bertz CT molecular complexity index is 378. The minimum atomic E-state index is -1.71. The molecule has 6 heteroatoms. The lowest BCUT2D eigenvalue weighted by Gasteiger charge is -2.24. The Morgan fingerprint density at radius 1 is 1.62 bits per heavy atom. The molecule has 0 bridgehead atoms. The molecule has 1 aromatic rings. The van der Waals surface area contributed by atoms with Gasteiger partial charge in [-0.05, 0) is 42.0 Å². The fourth-order valence-corrected chi connectivity index (χ4v) is 2.92. The first kappa shape index (κ1) is 13.6. The first-order chi connectivity index (χ1) is 7.31. The fourth-order valence-electron chi connectivity index (χ4n) is 1.35. The van der Waals surface area contributed by atoms with Crippen molar-refractivity contribution in [2.24, 2.45) is 0 Å². The molecule has 0 aliphatic rings. The molecule has 1 heterocycles. The predicted molar refractivity (Wildman–Crippen MR) is 66.6 cm³/mol. The van der Waals surface area contributed by atoms with Crippen molar-refractivity contribution < 1.29 is 15.0 Å². The molecule has 0 spiro atoms. The Morgan fingerprint density at radius 3 is 2.69 bits per heavy atom. The van der Waals surface area contributed by atoms with Crippen LogP contribution in [0, 0.1) is 0 Å². The summed E-state index contributed by atoms with van der Waals surface area (Å²) in [5.74, 6) is -1.20. The van der Waals surface area contributed by atoms with Crippen molar-refractivity contribution in [3.63, 3.8) is 0 Å². The van der Waals surface area contributed by atoms with Gasteiger partial charge in [0.2, 0.25) is 0 Å². The van der Waals surface area contributed by atoms with Gasteiger partial charge in [0.1, 0.15) is 0 Å². The monoisotopic (exact) mass is 307 g/mol. The summed E-state index contributed by atoms with van der Waals surface area (Å²) in [4.78, 5) is 13.6. The van der Waals surface area contributed by atoms with Crippen LogP contribution in [0.3, 0.4) is 0 Å². The van der Waals surface area contributed by atoms with Crippen LogP contribution in [0.2, 0.25) is 0 Å². The third-order valence-corrected chi connectivity index (χ3v) is 3.70. The number of aliphatic carboxylic acids is 1. The number of carbonyl (C=O) groups is 1. The van der Waals surface area contributed by atoms with Gasteiger partial charge in [0.25, 0.3) is 0 Å². The Kier molecular flexibility index (Phi) is 4.49. The number of hydrogen-bond donors (Lipinski definition) is 2. The van der Waals surface area contributed by atoms with E-state index >= 15 is 0 Å². The molecule has 0 saturated heterocycles. The first-order valence-corrected chi connectivity index (χ1v) is 6.31. The third-order valence-electron chi connectivity index (χ3n) is 2.09. The van der Waals surface area contributed by atoms with Crippen LogP contribution >= 0.6 is 27.3 Å². The summed E-state index contributed by atoms with van der Waals surface area (Å²) in [6, 6.07) is 3.92. The lowest BCUT2D eigenvalue weighted by atomic mass is 10.1. The zero-order valence-corrected chi connectivity index (χ0v) is 11.5. The summed E-state index contributed by atoms with van der Waals surface area (Å²) in [5.41, 5.74) is -1.71. The number of halogens is 1. The summed E-state index contributed by atoms with van der Waals surface area (Å²) >= 11 is 4.96. The molecule has 1 aromatic heterocycles. The molecule has 0 radical (unpaired) electrons. The molecule has 90 valence electrons. The average molecular weight is 308 g/mol. The Morgan fingerprint density at radius 2 is 2.25 bits per heavy atom. The van der Waals surface area contributed by atoms with Crippen molar-refractivity contribution >= 4 is 33.2 Å². The molecule has 0 saturated carbocycles. The van der Waals surface area contributed by atoms with Crippen molar-refractivity contribution in [3.05, 3.63) is 20.8 Å². The van der Waals surface area contributed by atoms with Crippen LogP contribution in [0.15, 0.2) is 15.9 Å². The van der Waals surface area contributed by atoms with Crippen LogP contribution in [-0.2, 0) is 11.3 Å². The SMILES string of the molecule is CN(Cc1ccc(Br)s1)CC(C)(O)C(=O)O. The molecular formula is C10H14BrNO3S. The molecule has 0 aliphatic carbocycles. The van der Waals surface area contributed by atoms with Crippen molar-refractivity contribution in [1.29, 1.82) is 0 Å². The van der Waals surface area contributed by atoms with E-state index < -0.39 is 11.6 Å². The zero-order valence-electron chi connectivity index (χ0n) is 9.11. The summed E-state index contributed by atoms with van der Waals surface area (Å²) in [5, 5.41) is 18.4. The van der Waals surface area contributed by atoms with E-state index in [9.17, 15) is 9.90 Å². The van der Waals surface area contributed by atoms with Gasteiger partial charge in [0.15, 0.2) is 5.60 Å². The predicted octanol–water partition coefficient (Wildman–Crippen LogP) is 1.78. The fraction of sp³-hybridized carbons (Fsp3) is 0.500. The summed E-state index contributed by atoms with van der Waals surface area (Å²) < 4.78 is 1.04. The molecule has 0 amide bonds. The van der Waals surface area contributed by atoms with Gasteiger partial charge in [-0.25, -0.2) is 4.79 Å². The maximum atomic E-state index is 10.7. The maximum absolute atomic E-state index is 10.7. The van der Waals surface area contributed by atoms with E-state index in [1.807, 2.05) is 12.1 Å². The Balaban J connectivity index is 2.54. The van der Waals surface area contributed by atoms with Crippen LogP contribution in [0.25, 0.3) is 0 Å². The van der Waals surface area contributed by atoms with Crippen LogP contribution in [0.4, 0.5) is 0 Å². The molecule has 0 fully saturated rings. The standard InChI is InChI=1S/C10H14BrNO3S/c1-10(15,9(13)14)6-12(2)5-7-3-4-8(11)16-7/h3-4,15H,5-6H2,1-2H3,(H,13,14). The van der Waals surface area contributed by atoms with Crippen molar-refractivity contribution in [2.45, 2.75) is 19.1 Å². The van der Waals surface area contributed by atoms with Crippen LogP contribution in [0.5, 0.6) is 0 Å². The zero-order chi connectivity index (χ0) is 12.3. The molecule has 1 rings (SSSR count). The summed E-state index contributed by atoms with van der Waals surface area (Å²) in [6.45, 7) is 2.02. The summed E-state index contributed by atoms with van der Waals surface area (Å²) in [7, 11) is 1.78. The molecular weight excluding hydrogens is 294 g/mol. The summed E-state index contributed by atoms with van der Waals surface area (Å²) in [6.07, 6.45) is 0. The molecule has 1 atom stereocenters. The quantitative estimate of drug-likeness (QED) is 0.870. The van der Waals surface area contributed by atoms with Gasteiger partial charge in [-0.3, -0.25) is 4.90 Å². The first-order valence-electron chi connectivity index (χ1n) is 4.70. The smallest absolute Gasteiger partial charge is 0.336 e. The van der Waals surface area contributed by atoms with Crippen LogP contribution in [-0.4, -0.2) is 40.3 Å². The normalized spacial score (nSPS) is 15.1. The largest absolute Gasteiger partial charge is 0.479 e. The second kappa shape index (κ2) is 5.27. The maximum Gasteiger partial charge on any atom is 0.336 e. The highest BCUT2D eigenvalue weighted by molar-refractivity contribution is 9.11. The van der Waals surface area contributed by atoms with Gasteiger partial charge in [-0.1, -0.05) is 0 Å². The van der Waals surface area contributed by atoms with Gasteiger partial charge in [0, 0.05) is 18.0 Å².